The first-order valence-electron chi connectivity index (χ1n) is 8.98. The third-order valence-electron chi connectivity index (χ3n) is 4.35. The zero-order chi connectivity index (χ0) is 23.0. The van der Waals surface area contributed by atoms with E-state index in [4.69, 9.17) is 0 Å². The van der Waals surface area contributed by atoms with Gasteiger partial charge in [-0.1, -0.05) is 12.1 Å². The summed E-state index contributed by atoms with van der Waals surface area (Å²) in [5, 5.41) is 25.2. The van der Waals surface area contributed by atoms with Gasteiger partial charge in [-0.25, -0.2) is 9.78 Å². The number of nitrogens with one attached hydrogen (secondary N) is 2. The summed E-state index contributed by atoms with van der Waals surface area (Å²) in [6.07, 6.45) is -3.75. The smallest absolute Gasteiger partial charge is 0.506 e. The number of aromatic hydroxyl groups is 1. The highest BCUT2D eigenvalue weighted by Crippen LogP contribution is 2.32. The molecular formula is C19H19F3N4O5. The van der Waals surface area contributed by atoms with Gasteiger partial charge in [0.2, 0.25) is 5.91 Å². The van der Waals surface area contributed by atoms with Gasteiger partial charge in [-0.2, -0.15) is 0 Å². The minimum atomic E-state index is -4.85. The largest absolute Gasteiger partial charge is 0.573 e. The van der Waals surface area contributed by atoms with Crippen molar-refractivity contribution < 1.29 is 37.7 Å². The van der Waals surface area contributed by atoms with Gasteiger partial charge in [-0.15, -0.1) is 13.2 Å². The van der Waals surface area contributed by atoms with Crippen LogP contribution in [0.4, 0.5) is 29.5 Å². The lowest BCUT2D eigenvalue weighted by Crippen LogP contribution is -2.51. The number of rotatable bonds is 4. The van der Waals surface area contributed by atoms with E-state index >= 15 is 0 Å². The molecule has 31 heavy (non-hydrogen) atoms. The van der Waals surface area contributed by atoms with Crippen LogP contribution in [0.15, 0.2) is 36.5 Å². The summed E-state index contributed by atoms with van der Waals surface area (Å²) in [6.45, 7) is 2.45. The van der Waals surface area contributed by atoms with Crippen LogP contribution < -0.4 is 20.3 Å². The molecule has 3 rings (SSSR count). The van der Waals surface area contributed by atoms with Crippen LogP contribution in [0, 0.1) is 0 Å². The van der Waals surface area contributed by atoms with Crippen molar-refractivity contribution in [2.75, 3.05) is 16.8 Å². The molecule has 1 atom stereocenters. The quantitative estimate of drug-likeness (QED) is 0.580. The molecule has 0 saturated heterocycles. The van der Waals surface area contributed by atoms with Gasteiger partial charge in [0.1, 0.15) is 18.0 Å². The first kappa shape index (κ1) is 22.2. The van der Waals surface area contributed by atoms with Gasteiger partial charge < -0.3 is 25.6 Å². The van der Waals surface area contributed by atoms with E-state index < -0.39 is 35.7 Å². The number of fused-ring (bicyclic) bond motifs is 1. The number of aromatic nitrogens is 1. The molecule has 0 aliphatic carbocycles. The number of hydrogen-bond donors (Lipinski definition) is 4. The number of urea groups is 1. The van der Waals surface area contributed by atoms with Gasteiger partial charge in [-0.05, 0) is 31.5 Å². The lowest BCUT2D eigenvalue weighted by atomic mass is 9.92. The number of nitrogens with zero attached hydrogens (tertiary/aromatic N) is 2. The fourth-order valence-electron chi connectivity index (χ4n) is 3.06. The number of anilines is 2. The molecule has 0 radical (unpaired) electrons. The molecule has 0 fully saturated rings. The second-order valence-corrected chi connectivity index (χ2v) is 7.35. The Morgan fingerprint density at radius 3 is 2.52 bits per heavy atom. The molecule has 1 aromatic heterocycles. The highest BCUT2D eigenvalue weighted by atomic mass is 19.4. The average molecular weight is 440 g/mol. The Morgan fingerprint density at radius 2 is 1.94 bits per heavy atom. The lowest BCUT2D eigenvalue weighted by molar-refractivity contribution is -0.274. The number of halogens is 3. The highest BCUT2D eigenvalue weighted by molar-refractivity contribution is 6.08. The summed E-state index contributed by atoms with van der Waals surface area (Å²) in [5.41, 5.74) is -1.10. The van der Waals surface area contributed by atoms with Crippen molar-refractivity contribution >= 4 is 23.4 Å². The third kappa shape index (κ3) is 5.34. The van der Waals surface area contributed by atoms with Crippen molar-refractivity contribution in [1.29, 1.82) is 0 Å². The number of carbonyl (C=O) groups is 2. The molecule has 1 unspecified atom stereocenters. The molecule has 1 aliphatic rings. The van der Waals surface area contributed by atoms with Gasteiger partial charge in [0.15, 0.2) is 5.82 Å². The second-order valence-electron chi connectivity index (χ2n) is 7.35. The number of carbonyl (C=O) groups excluding carboxylic acids is 2. The maximum atomic E-state index is 12.9. The Hall–Kier alpha value is -3.54. The van der Waals surface area contributed by atoms with Crippen molar-refractivity contribution in [3.8, 4) is 11.5 Å². The van der Waals surface area contributed by atoms with Gasteiger partial charge >= 0.3 is 12.4 Å². The number of benzene rings is 1. The zero-order valence-electron chi connectivity index (χ0n) is 16.4. The fourth-order valence-corrected chi connectivity index (χ4v) is 3.06. The Kier molecular flexibility index (Phi) is 5.68. The summed E-state index contributed by atoms with van der Waals surface area (Å²) < 4.78 is 40.9. The van der Waals surface area contributed by atoms with Crippen molar-refractivity contribution in [2.24, 2.45) is 0 Å². The predicted octanol–water partition coefficient (Wildman–Crippen LogP) is 2.67. The Balaban J connectivity index is 1.86. The summed E-state index contributed by atoms with van der Waals surface area (Å²) in [7, 11) is 0. The molecule has 4 N–H and O–H groups in total. The monoisotopic (exact) mass is 440 g/mol. The van der Waals surface area contributed by atoms with E-state index in [0.717, 1.165) is 23.2 Å². The number of pyridine rings is 1. The molecule has 166 valence electrons. The van der Waals surface area contributed by atoms with E-state index in [1.807, 2.05) is 0 Å². The molecule has 0 spiro atoms. The van der Waals surface area contributed by atoms with Crippen LogP contribution >= 0.6 is 0 Å². The molecule has 2 heterocycles. The van der Waals surface area contributed by atoms with Gasteiger partial charge in [0.05, 0.1) is 23.5 Å². The van der Waals surface area contributed by atoms with Crippen LogP contribution in [0.2, 0.25) is 0 Å². The van der Waals surface area contributed by atoms with E-state index in [1.54, 1.807) is 0 Å². The molecule has 9 nitrogen and oxygen atoms in total. The topological polar surface area (TPSA) is 124 Å². The molecular weight excluding hydrogens is 421 g/mol. The standard InChI is InChI=1S/C19H19F3N4O5/c1-18(2,30)15(10-3-5-12(6-4-10)31-19(20,21)22)25-17(29)26-9-14(28)24-13-7-11(27)8-23-16(13)26/h3-8,15,27,30H,9H2,1-2H3,(H,24,28)(H,25,29). The Morgan fingerprint density at radius 1 is 1.29 bits per heavy atom. The molecule has 12 heteroatoms. The fraction of sp³-hybridized carbons (Fsp3) is 0.316. The lowest BCUT2D eigenvalue weighted by Gasteiger charge is -2.34. The average Bonchev–Trinajstić information content (AvgIpc) is 2.63. The molecule has 3 amide bonds. The van der Waals surface area contributed by atoms with E-state index in [0.29, 0.717) is 5.56 Å². The maximum absolute atomic E-state index is 12.9. The van der Waals surface area contributed by atoms with E-state index in [-0.39, 0.29) is 23.8 Å². The predicted molar refractivity (Wildman–Crippen MR) is 103 cm³/mol. The minimum Gasteiger partial charge on any atom is -0.506 e. The molecule has 2 aromatic rings. The third-order valence-corrected chi connectivity index (χ3v) is 4.35. The van der Waals surface area contributed by atoms with Crippen molar-refractivity contribution in [1.82, 2.24) is 10.3 Å². The van der Waals surface area contributed by atoms with Crippen LogP contribution in [0.25, 0.3) is 0 Å². The molecule has 0 saturated carbocycles. The number of alkyl halides is 3. The first-order chi connectivity index (χ1) is 14.3. The SMILES string of the molecule is CC(C)(O)C(NC(=O)N1CC(=O)Nc2cc(O)cnc21)c1ccc(OC(F)(F)F)cc1. The molecule has 1 aromatic carbocycles. The van der Waals surface area contributed by atoms with Crippen molar-refractivity contribution in [3.05, 3.63) is 42.1 Å². The number of amides is 3. The normalized spacial score (nSPS) is 15.0. The summed E-state index contributed by atoms with van der Waals surface area (Å²) >= 11 is 0. The van der Waals surface area contributed by atoms with Crippen LogP contribution in [0.5, 0.6) is 11.5 Å². The van der Waals surface area contributed by atoms with Crippen LogP contribution in [0.1, 0.15) is 25.5 Å². The van der Waals surface area contributed by atoms with Crippen LogP contribution in [-0.2, 0) is 4.79 Å². The van der Waals surface area contributed by atoms with Gasteiger partial charge in [-0.3, -0.25) is 9.69 Å². The van der Waals surface area contributed by atoms with E-state index in [1.165, 1.54) is 32.0 Å². The molecule has 1 aliphatic heterocycles. The summed E-state index contributed by atoms with van der Waals surface area (Å²) in [5.74, 6) is -1.11. The minimum absolute atomic E-state index is 0.0818. The number of aliphatic hydroxyl groups is 1. The van der Waals surface area contributed by atoms with E-state index in [2.05, 4.69) is 20.4 Å². The van der Waals surface area contributed by atoms with Gasteiger partial charge in [0, 0.05) is 6.07 Å². The second kappa shape index (κ2) is 7.95. The van der Waals surface area contributed by atoms with Gasteiger partial charge in [0.25, 0.3) is 0 Å². The summed E-state index contributed by atoms with van der Waals surface area (Å²) in [6, 6.07) is 4.06. The van der Waals surface area contributed by atoms with Crippen LogP contribution in [0.3, 0.4) is 0 Å². The summed E-state index contributed by atoms with van der Waals surface area (Å²) in [4.78, 5) is 29.9. The zero-order valence-corrected chi connectivity index (χ0v) is 16.4. The Bertz CT molecular complexity index is 990. The molecule has 0 bridgehead atoms. The highest BCUT2D eigenvalue weighted by Gasteiger charge is 2.35. The number of hydrogen-bond acceptors (Lipinski definition) is 6. The number of ether oxygens (including phenoxy) is 1. The van der Waals surface area contributed by atoms with Crippen molar-refractivity contribution in [3.63, 3.8) is 0 Å². The van der Waals surface area contributed by atoms with Crippen LogP contribution in [-0.4, -0.2) is 45.6 Å². The Labute approximate surface area is 174 Å². The van der Waals surface area contributed by atoms with Crippen molar-refractivity contribution in [2.45, 2.75) is 31.9 Å². The maximum Gasteiger partial charge on any atom is 0.573 e. The van der Waals surface area contributed by atoms with E-state index in [9.17, 15) is 33.0 Å². The first-order valence-corrected chi connectivity index (χ1v) is 8.98.